The summed E-state index contributed by atoms with van der Waals surface area (Å²) in [6.45, 7) is 10.2. The van der Waals surface area contributed by atoms with Crippen molar-refractivity contribution in [1.29, 1.82) is 0 Å². The number of carbonyl (C=O) groups is 1. The van der Waals surface area contributed by atoms with Crippen molar-refractivity contribution in [2.75, 3.05) is 19.6 Å². The average Bonchev–Trinajstić information content (AvgIpc) is 3.33. The molecule has 0 radical (unpaired) electrons. The van der Waals surface area contributed by atoms with E-state index in [-0.39, 0.29) is 5.91 Å². The first kappa shape index (κ1) is 21.6. The summed E-state index contributed by atoms with van der Waals surface area (Å²) in [7, 11) is 0. The Labute approximate surface area is 186 Å². The van der Waals surface area contributed by atoms with Crippen molar-refractivity contribution in [3.63, 3.8) is 0 Å². The summed E-state index contributed by atoms with van der Waals surface area (Å²) in [5, 5.41) is 2.20. The maximum absolute atomic E-state index is 12.6. The molecule has 2 aliphatic rings. The second-order valence-electron chi connectivity index (χ2n) is 9.46. The van der Waals surface area contributed by atoms with Crippen LogP contribution in [0.1, 0.15) is 66.5 Å². The monoisotopic (exact) mass is 424 g/mol. The molecule has 0 N–H and O–H groups in total. The molecule has 2 fully saturated rings. The zero-order valence-electron chi connectivity index (χ0n) is 18.8. The highest BCUT2D eigenvalue weighted by Crippen LogP contribution is 2.36. The van der Waals surface area contributed by atoms with Crippen molar-refractivity contribution < 1.29 is 4.79 Å². The van der Waals surface area contributed by atoms with Crippen LogP contribution in [0.5, 0.6) is 0 Å². The summed E-state index contributed by atoms with van der Waals surface area (Å²) in [6.07, 6.45) is 6.22. The first-order valence-corrected chi connectivity index (χ1v) is 12.5. The van der Waals surface area contributed by atoms with E-state index in [1.54, 1.807) is 6.92 Å². The van der Waals surface area contributed by atoms with Gasteiger partial charge in [0.2, 0.25) is 5.91 Å². The fourth-order valence-electron chi connectivity index (χ4n) is 5.42. The van der Waals surface area contributed by atoms with Gasteiger partial charge in [0.15, 0.2) is 0 Å². The molecule has 1 aromatic heterocycles. The Morgan fingerprint density at radius 1 is 1.07 bits per heavy atom. The van der Waals surface area contributed by atoms with Gasteiger partial charge in [-0.1, -0.05) is 49.1 Å². The maximum Gasteiger partial charge on any atom is 0.219 e. The molecule has 162 valence electrons. The van der Waals surface area contributed by atoms with E-state index in [2.05, 4.69) is 59.4 Å². The molecule has 1 saturated heterocycles. The number of carbonyl (C=O) groups excluding carboxylic acids is 1. The molecule has 0 bridgehead atoms. The molecule has 4 heteroatoms. The molecule has 1 amide bonds. The van der Waals surface area contributed by atoms with Gasteiger partial charge in [0.1, 0.15) is 0 Å². The van der Waals surface area contributed by atoms with Crippen LogP contribution in [0.15, 0.2) is 35.7 Å². The summed E-state index contributed by atoms with van der Waals surface area (Å²) in [4.78, 5) is 18.9. The zero-order chi connectivity index (χ0) is 21.1. The van der Waals surface area contributed by atoms with Gasteiger partial charge in [0, 0.05) is 49.9 Å². The Bertz CT molecular complexity index is 837. The van der Waals surface area contributed by atoms with Crippen LogP contribution < -0.4 is 0 Å². The minimum absolute atomic E-state index is 0.261. The van der Waals surface area contributed by atoms with Crippen molar-refractivity contribution in [2.24, 2.45) is 5.92 Å². The summed E-state index contributed by atoms with van der Waals surface area (Å²) in [6, 6.07) is 11.8. The largest absolute Gasteiger partial charge is 0.340 e. The Morgan fingerprint density at radius 3 is 2.43 bits per heavy atom. The maximum atomic E-state index is 12.6. The number of nitrogens with zero attached hydrogens (tertiary/aromatic N) is 2. The molecule has 1 aliphatic carbocycles. The predicted octanol–water partition coefficient (Wildman–Crippen LogP) is 5.76. The molecule has 2 unspecified atom stereocenters. The molecule has 30 heavy (non-hydrogen) atoms. The van der Waals surface area contributed by atoms with Crippen molar-refractivity contribution in [3.8, 4) is 0 Å². The Kier molecular flexibility index (Phi) is 6.94. The van der Waals surface area contributed by atoms with Crippen LogP contribution in [0.3, 0.4) is 0 Å². The van der Waals surface area contributed by atoms with E-state index >= 15 is 0 Å². The van der Waals surface area contributed by atoms with Crippen molar-refractivity contribution in [2.45, 2.75) is 71.4 Å². The van der Waals surface area contributed by atoms with Gasteiger partial charge in [-0.2, -0.15) is 0 Å². The number of hydrogen-bond acceptors (Lipinski definition) is 3. The molecule has 1 saturated carbocycles. The Hall–Kier alpha value is -1.65. The van der Waals surface area contributed by atoms with E-state index < -0.39 is 0 Å². The lowest BCUT2D eigenvalue weighted by Crippen LogP contribution is -2.44. The number of likely N-dealkylation sites (tertiary alicyclic amines) is 1. The first-order chi connectivity index (χ1) is 14.5. The van der Waals surface area contributed by atoms with Crippen LogP contribution in [0.2, 0.25) is 0 Å². The quantitative estimate of drug-likeness (QED) is 0.588. The van der Waals surface area contributed by atoms with Gasteiger partial charge in [-0.3, -0.25) is 9.69 Å². The highest BCUT2D eigenvalue weighted by molar-refractivity contribution is 7.10. The van der Waals surface area contributed by atoms with Crippen molar-refractivity contribution in [3.05, 3.63) is 57.3 Å². The lowest BCUT2D eigenvalue weighted by Gasteiger charge is -2.36. The number of hydrogen-bond donors (Lipinski definition) is 0. The molecule has 2 aromatic rings. The summed E-state index contributed by atoms with van der Waals surface area (Å²) in [5.41, 5.74) is 4.15. The second-order valence-corrected chi connectivity index (χ2v) is 10.5. The first-order valence-electron chi connectivity index (χ1n) is 11.6. The Morgan fingerprint density at radius 2 is 1.80 bits per heavy atom. The standard InChI is InChI=1S/C26H36N2OS/c1-19-9-11-22(12-10-19)25-17-27(18-26-20(2)13-14-30-26)15-23(25)16-28(21(3)29)24-7-5-4-6-8-24/h9-14,23-25H,4-8,15-18H2,1-3H3. The van der Waals surface area contributed by atoms with Crippen LogP contribution in [0.25, 0.3) is 0 Å². The van der Waals surface area contributed by atoms with Gasteiger partial charge < -0.3 is 4.90 Å². The van der Waals surface area contributed by atoms with Crippen LogP contribution >= 0.6 is 11.3 Å². The van der Waals surface area contributed by atoms with E-state index in [1.165, 1.54) is 53.7 Å². The third-order valence-electron chi connectivity index (χ3n) is 7.21. The minimum atomic E-state index is 0.261. The third kappa shape index (κ3) is 4.97. The molecule has 1 aliphatic heterocycles. The zero-order valence-corrected chi connectivity index (χ0v) is 19.6. The number of amides is 1. The summed E-state index contributed by atoms with van der Waals surface area (Å²) < 4.78 is 0. The third-order valence-corrected chi connectivity index (χ3v) is 8.22. The molecular weight excluding hydrogens is 388 g/mol. The molecule has 2 heterocycles. The molecular formula is C26H36N2OS. The van der Waals surface area contributed by atoms with Gasteiger partial charge in [-0.15, -0.1) is 11.3 Å². The van der Waals surface area contributed by atoms with Gasteiger partial charge in [-0.05, 0) is 55.2 Å². The van der Waals surface area contributed by atoms with Crippen LogP contribution in [-0.2, 0) is 11.3 Å². The fourth-order valence-corrected chi connectivity index (χ4v) is 6.36. The molecule has 4 rings (SSSR count). The predicted molar refractivity (Wildman–Crippen MR) is 126 cm³/mol. The fraction of sp³-hybridized carbons (Fsp3) is 0.577. The van der Waals surface area contributed by atoms with Gasteiger partial charge in [0.25, 0.3) is 0 Å². The van der Waals surface area contributed by atoms with Gasteiger partial charge in [0.05, 0.1) is 0 Å². The smallest absolute Gasteiger partial charge is 0.219 e. The number of benzene rings is 1. The Balaban J connectivity index is 1.54. The van der Waals surface area contributed by atoms with E-state index in [1.807, 2.05) is 11.3 Å². The van der Waals surface area contributed by atoms with Crippen molar-refractivity contribution in [1.82, 2.24) is 9.80 Å². The van der Waals surface area contributed by atoms with Gasteiger partial charge in [-0.25, -0.2) is 0 Å². The molecule has 3 nitrogen and oxygen atoms in total. The van der Waals surface area contributed by atoms with E-state index in [4.69, 9.17) is 0 Å². The lowest BCUT2D eigenvalue weighted by atomic mass is 9.87. The molecule has 2 atom stereocenters. The second kappa shape index (κ2) is 9.65. The highest BCUT2D eigenvalue weighted by Gasteiger charge is 2.37. The normalized spacial score (nSPS) is 23.0. The summed E-state index contributed by atoms with van der Waals surface area (Å²) in [5.74, 6) is 1.26. The minimum Gasteiger partial charge on any atom is -0.340 e. The van der Waals surface area contributed by atoms with Crippen LogP contribution in [-0.4, -0.2) is 41.4 Å². The highest BCUT2D eigenvalue weighted by atomic mass is 32.1. The SMILES string of the molecule is CC(=O)N(CC1CN(Cc2sccc2C)CC1c1ccc(C)cc1)C1CCCCC1. The molecule has 1 aromatic carbocycles. The summed E-state index contributed by atoms with van der Waals surface area (Å²) >= 11 is 1.87. The van der Waals surface area contributed by atoms with E-state index in [0.29, 0.717) is 17.9 Å². The van der Waals surface area contributed by atoms with E-state index in [9.17, 15) is 4.79 Å². The van der Waals surface area contributed by atoms with Gasteiger partial charge >= 0.3 is 0 Å². The van der Waals surface area contributed by atoms with Crippen LogP contribution in [0.4, 0.5) is 0 Å². The lowest BCUT2D eigenvalue weighted by molar-refractivity contribution is -0.132. The van der Waals surface area contributed by atoms with Crippen LogP contribution in [0, 0.1) is 19.8 Å². The molecule has 0 spiro atoms. The van der Waals surface area contributed by atoms with Crippen molar-refractivity contribution >= 4 is 17.2 Å². The number of rotatable bonds is 6. The average molecular weight is 425 g/mol. The number of aryl methyl sites for hydroxylation is 2. The van der Waals surface area contributed by atoms with E-state index in [0.717, 1.165) is 26.2 Å². The topological polar surface area (TPSA) is 23.6 Å². The number of thiophene rings is 1.